The van der Waals surface area contributed by atoms with Crippen LogP contribution >= 0.6 is 7.82 Å². The zero-order valence-electron chi connectivity index (χ0n) is 63.9. The Morgan fingerprint density at radius 1 is 0.366 bits per heavy atom. The lowest BCUT2D eigenvalue weighted by atomic mass is 9.89. The predicted molar refractivity (Wildman–Crippen MR) is 367 cm³/mol. The third-order valence-electron chi connectivity index (χ3n) is 22.5. The third kappa shape index (κ3) is 22.0. The first-order valence-electron chi connectivity index (χ1n) is 38.2. The maximum Gasteiger partial charge on any atom is 0.470 e. The average Bonchev–Trinajstić information content (AvgIpc) is 0.733. The molecule has 0 aromatic heterocycles. The number of aliphatic hydroxyl groups is 29. The summed E-state index contributed by atoms with van der Waals surface area (Å²) in [5.74, 6) is -12.3. The Labute approximate surface area is 691 Å². The molecule has 10 heterocycles. The minimum absolute atomic E-state index is 0.954. The van der Waals surface area contributed by atoms with Gasteiger partial charge < -0.3 is 270 Å². The molecule has 50 atom stereocenters. The Hall–Kier alpha value is -2.95. The monoisotopic (exact) mass is 1830 g/mol. The first-order chi connectivity index (χ1) is 57.8. The van der Waals surface area contributed by atoms with Crippen molar-refractivity contribution in [3.05, 3.63) is 0 Å². The van der Waals surface area contributed by atoms with E-state index in [-0.39, 0.29) is 0 Å². The van der Waals surface area contributed by atoms with Gasteiger partial charge in [-0.3, -0.25) is 4.52 Å². The molecule has 0 unspecified atom stereocenters. The van der Waals surface area contributed by atoms with E-state index in [2.05, 4.69) is 0 Å². The van der Waals surface area contributed by atoms with Crippen LogP contribution < -0.4 is 11.5 Å². The largest absolute Gasteiger partial charge is 0.477 e. The number of aliphatic carboxylic acids is 2. The molecule has 0 amide bonds. The Bertz CT molecular complexity index is 3360. The van der Waals surface area contributed by atoms with E-state index in [9.17, 15) is 182 Å². The lowest BCUT2D eigenvalue weighted by molar-refractivity contribution is -0.409. The van der Waals surface area contributed by atoms with E-state index in [1.807, 2.05) is 0 Å². The van der Waals surface area contributed by atoms with Crippen molar-refractivity contribution in [3.8, 4) is 0 Å². The number of nitrogens with two attached hydrogens (primary N) is 2. The summed E-state index contributed by atoms with van der Waals surface area (Å²) in [6.07, 6.45) is -108. The van der Waals surface area contributed by atoms with E-state index < -0.39 is 405 Å². The number of rotatable bonds is 34. The van der Waals surface area contributed by atoms with Crippen molar-refractivity contribution in [1.29, 1.82) is 0 Å². The van der Waals surface area contributed by atoms with E-state index in [1.54, 1.807) is 0 Å². The van der Waals surface area contributed by atoms with Crippen molar-refractivity contribution in [2.24, 2.45) is 11.5 Å². The van der Waals surface area contributed by atoms with E-state index in [4.69, 9.17) is 106 Å². The highest BCUT2D eigenvalue weighted by atomic mass is 31.2. The first kappa shape index (κ1) is 102. The Morgan fingerprint density at radius 3 is 1.27 bits per heavy atom. The summed E-state index contributed by atoms with van der Waals surface area (Å²) in [5, 5.41) is 342. The maximum atomic E-state index is 14.2. The van der Waals surface area contributed by atoms with Crippen LogP contribution in [0.3, 0.4) is 0 Å². The molecule has 10 aliphatic heterocycles. The number of ether oxygens (including phenoxy) is 19. The summed E-state index contributed by atoms with van der Waals surface area (Å²) in [6.45, 7) is -12.4. The number of carboxylic acids is 2. The SMILES string of the molecule is N[C@@H]1[C@@H](O)[C@H](O)[C@@H](CO[C@@H]2O[C@H](CO[C@]3(C(=O)O)C[C@@H](O[C@]4(C(=O)O)C[C@@H](O)[C@@H](O)[C@@H]([C@H](O)CO[C@@H]5O[C@H](CO)[C@H](O)[C@H](O)[C@H]5O)O4)[C@@H](O[C@H]4O[C@H](CO)[C@@H](O)[C@H](O[C@H]5O[C@H](CO[C@H]6O[C@H](CO)[C@@H](O)[C@H](O)[C@@H]6O)[C@@H](O)[C@H](O[C@H]6O[C@H](CO)[C@@H](O)[C@H](O)[C@@H]6O[C@H]6O[C@H](CO)[C@@H](O)[C@H](O)[C@@H]6O)[C@@H]5O)[C@@H]4O)[C@@H]([C@H](O)CO)O3)[C@@H](OP(=O)(O)O)[C@H](O)[C@H]2N)O[C@@H]1O. The topological polar surface area (TPSA) is 955 Å². The molecule has 123 heavy (non-hydrogen) atoms. The molecule has 10 aliphatic rings. The fourth-order valence-electron chi connectivity index (χ4n) is 15.3. The summed E-state index contributed by atoms with van der Waals surface area (Å²) < 4.78 is 126. The third-order valence-corrected chi connectivity index (χ3v) is 23.0. The van der Waals surface area contributed by atoms with Gasteiger partial charge in [0.1, 0.15) is 220 Å². The molecule has 0 spiro atoms. The summed E-state index contributed by atoms with van der Waals surface area (Å²) in [6, 6.07) is -3.58. The van der Waals surface area contributed by atoms with Crippen LogP contribution in [0.5, 0.6) is 0 Å². The molecule has 0 aromatic carbocycles. The second kappa shape index (κ2) is 42.7. The second-order valence-electron chi connectivity index (χ2n) is 30.8. The molecule has 0 aliphatic carbocycles. The van der Waals surface area contributed by atoms with Crippen molar-refractivity contribution in [2.75, 3.05) is 66.1 Å². The lowest BCUT2D eigenvalue weighted by Crippen LogP contribution is -2.70. The van der Waals surface area contributed by atoms with E-state index in [0.717, 1.165) is 0 Å². The average molecular weight is 1830 g/mol. The highest BCUT2D eigenvalue weighted by Crippen LogP contribution is 2.47. The quantitative estimate of drug-likeness (QED) is 0.0266. The van der Waals surface area contributed by atoms with Gasteiger partial charge in [-0.25, -0.2) is 14.2 Å². The van der Waals surface area contributed by atoms with Gasteiger partial charge in [-0.05, 0) is 0 Å². The number of phosphoric acid groups is 1. The van der Waals surface area contributed by atoms with Crippen LogP contribution in [0.15, 0.2) is 0 Å². The van der Waals surface area contributed by atoms with Crippen LogP contribution in [-0.4, -0.2) is 552 Å². The summed E-state index contributed by atoms with van der Waals surface area (Å²) in [5.41, 5.74) is 11.8. The van der Waals surface area contributed by atoms with Crippen LogP contribution in [0.2, 0.25) is 0 Å². The zero-order valence-corrected chi connectivity index (χ0v) is 64.8. The van der Waals surface area contributed by atoms with Crippen molar-refractivity contribution in [1.82, 2.24) is 0 Å². The number of aliphatic hydroxyl groups excluding tert-OH is 29. The highest BCUT2D eigenvalue weighted by Gasteiger charge is 2.65. The smallest absolute Gasteiger partial charge is 0.470 e. The number of carboxylic acid groups (broad SMARTS) is 2. The normalized spacial score (nSPS) is 50.3. The standard InChI is InChI=1S/C64H109N2O56P/c65-25-35(84)32(81)22(107-53(25)95)10-104-54-26(66)36(85)48(122-123(100,101)102)24(114-54)12-106-63(61(96)97)2-16(119-64(62(98)99)1-13(73)27(76)46(120-64)15(75)9-103-55-41(90)37(86)28(77)17(4-68)108-55)49(47(121-63)14(74)3-67)115-58-44(93)50(33(82)21(8-72)111-58)116-59-45(94)51(34(83)23(113-59)11-105-56-42(91)38(87)29(78)18(5-69)109-56)117-60-52(40(89)31(80)20(7-71)112-60)118-57-43(92)39(88)30(79)19(6-70)110-57/h13-60,67-95H,1-12,65-66H2,(H,96,97)(H,98,99)(H2,100,101,102)/t13-,14-,15-,16-,17-,18-,19-,20-,21-,22-,23-,24-,25-,26-,27-,28+,29-,30-,31-,32-,33-,34-,35-,36-,37+,38+,39+,40+,41-,42+,43+,44+,45+,46-,47-,48-,49-,50+,51+,52+,53+,54-,55-,56+,57-,58-,59-,60-,63-,64-/m1/s1. The molecular weight excluding hydrogens is 1720 g/mol. The van der Waals surface area contributed by atoms with Crippen molar-refractivity contribution < 1.29 is 277 Å². The molecule has 0 bridgehead atoms. The highest BCUT2D eigenvalue weighted by molar-refractivity contribution is 7.46. The van der Waals surface area contributed by atoms with Crippen LogP contribution in [0.25, 0.3) is 0 Å². The van der Waals surface area contributed by atoms with Crippen LogP contribution in [0.4, 0.5) is 0 Å². The van der Waals surface area contributed by atoms with Gasteiger partial charge in [-0.15, -0.1) is 0 Å². The molecule has 37 N–H and O–H groups in total. The molecule has 716 valence electrons. The maximum absolute atomic E-state index is 14.2. The Balaban J connectivity index is 1.01. The summed E-state index contributed by atoms with van der Waals surface area (Å²) in [7, 11) is -5.88. The molecule has 0 aromatic rings. The van der Waals surface area contributed by atoms with Gasteiger partial charge in [0, 0.05) is 12.8 Å². The van der Waals surface area contributed by atoms with Crippen LogP contribution in [-0.2, 0) is 109 Å². The fourth-order valence-corrected chi connectivity index (χ4v) is 15.9. The zero-order chi connectivity index (χ0) is 91.0. The molecular formula is C64H109N2O56P. The molecule has 0 radical (unpaired) electrons. The molecule has 58 nitrogen and oxygen atoms in total. The Kier molecular flexibility index (Phi) is 35.5. The van der Waals surface area contributed by atoms with Gasteiger partial charge in [0.05, 0.1) is 90.4 Å². The second-order valence-corrected chi connectivity index (χ2v) is 32.0. The number of phosphoric ester groups is 1. The number of carbonyl (C=O) groups is 2. The molecule has 10 fully saturated rings. The van der Waals surface area contributed by atoms with Gasteiger partial charge in [-0.1, -0.05) is 0 Å². The van der Waals surface area contributed by atoms with E-state index in [0.29, 0.717) is 0 Å². The van der Waals surface area contributed by atoms with Crippen LogP contribution in [0, 0.1) is 0 Å². The van der Waals surface area contributed by atoms with Crippen molar-refractivity contribution >= 4 is 19.8 Å². The van der Waals surface area contributed by atoms with Gasteiger partial charge in [0.15, 0.2) is 50.3 Å². The summed E-state index contributed by atoms with van der Waals surface area (Å²) in [4.78, 5) is 48.5. The minimum atomic E-state index is -5.88. The number of hydrogen-bond acceptors (Lipinski definition) is 54. The van der Waals surface area contributed by atoms with Gasteiger partial charge >= 0.3 is 19.8 Å². The predicted octanol–water partition coefficient (Wildman–Crippen LogP) is -23.1. The van der Waals surface area contributed by atoms with Crippen molar-refractivity contribution in [3.63, 3.8) is 0 Å². The van der Waals surface area contributed by atoms with E-state index in [1.165, 1.54) is 0 Å². The van der Waals surface area contributed by atoms with Gasteiger partial charge in [0.25, 0.3) is 11.6 Å². The van der Waals surface area contributed by atoms with Crippen LogP contribution in [0.1, 0.15) is 12.8 Å². The molecule has 10 rings (SSSR count). The van der Waals surface area contributed by atoms with Crippen molar-refractivity contribution in [2.45, 2.75) is 319 Å². The number of hydrogen-bond donors (Lipinski definition) is 35. The minimum Gasteiger partial charge on any atom is -0.477 e. The molecule has 0 saturated carbocycles. The first-order valence-corrected chi connectivity index (χ1v) is 39.7. The lowest BCUT2D eigenvalue weighted by Gasteiger charge is -2.52. The fraction of sp³-hybridized carbons (Fsp3) is 0.969. The van der Waals surface area contributed by atoms with Gasteiger partial charge in [0.2, 0.25) is 0 Å². The molecule has 10 saturated heterocycles. The van der Waals surface area contributed by atoms with Gasteiger partial charge in [-0.2, -0.15) is 0 Å². The van der Waals surface area contributed by atoms with E-state index >= 15 is 0 Å². The molecule has 59 heteroatoms. The summed E-state index contributed by atoms with van der Waals surface area (Å²) >= 11 is 0. The Morgan fingerprint density at radius 2 is 0.764 bits per heavy atom.